The number of rotatable bonds is 7. The van der Waals surface area contributed by atoms with Crippen LogP contribution in [0.4, 0.5) is 5.13 Å². The minimum absolute atomic E-state index is 0.607. The van der Waals surface area contributed by atoms with Gasteiger partial charge in [-0.2, -0.15) is 0 Å². The second-order valence-electron chi connectivity index (χ2n) is 4.78. The van der Waals surface area contributed by atoms with Crippen molar-refractivity contribution in [3.8, 4) is 0 Å². The van der Waals surface area contributed by atoms with Crippen molar-refractivity contribution in [3.63, 3.8) is 0 Å². The Balaban J connectivity index is 2.09. The molecule has 0 bridgehead atoms. The van der Waals surface area contributed by atoms with E-state index in [4.69, 9.17) is 9.72 Å². The average Bonchev–Trinajstić information content (AvgIpc) is 2.68. The van der Waals surface area contributed by atoms with Crippen molar-refractivity contribution in [2.24, 2.45) is 0 Å². The van der Waals surface area contributed by atoms with Crippen molar-refractivity contribution in [2.75, 3.05) is 25.6 Å². The second kappa shape index (κ2) is 6.50. The highest BCUT2D eigenvalue weighted by molar-refractivity contribution is 7.15. The van der Waals surface area contributed by atoms with E-state index in [9.17, 15) is 0 Å². The molecule has 4 nitrogen and oxygen atoms in total. The molecule has 2 rings (SSSR count). The summed E-state index contributed by atoms with van der Waals surface area (Å²) in [6.45, 7) is 4.61. The smallest absolute Gasteiger partial charge is 0.185 e. The lowest BCUT2D eigenvalue weighted by atomic mass is 9.92. The van der Waals surface area contributed by atoms with Crippen molar-refractivity contribution in [1.82, 2.24) is 10.3 Å². The molecule has 0 aliphatic heterocycles. The molecule has 0 saturated heterocycles. The number of hydrogen-bond donors (Lipinski definition) is 1. The van der Waals surface area contributed by atoms with Gasteiger partial charge in [-0.15, -0.1) is 11.3 Å². The van der Waals surface area contributed by atoms with Crippen LogP contribution in [0.15, 0.2) is 0 Å². The quantitative estimate of drug-likeness (QED) is 0.825. The maximum atomic E-state index is 5.24. The molecule has 5 heteroatoms. The van der Waals surface area contributed by atoms with E-state index >= 15 is 0 Å². The van der Waals surface area contributed by atoms with Crippen molar-refractivity contribution >= 4 is 16.5 Å². The Labute approximate surface area is 113 Å². The van der Waals surface area contributed by atoms with Gasteiger partial charge >= 0.3 is 0 Å². The van der Waals surface area contributed by atoms with Crippen molar-refractivity contribution in [2.45, 2.75) is 45.4 Å². The molecule has 1 aromatic rings. The predicted octanol–water partition coefficient (Wildman–Crippen LogP) is 2.39. The van der Waals surface area contributed by atoms with Gasteiger partial charge in [-0.05, 0) is 25.8 Å². The molecule has 0 unspecified atom stereocenters. The van der Waals surface area contributed by atoms with Gasteiger partial charge in [0.1, 0.15) is 0 Å². The fourth-order valence-electron chi connectivity index (χ4n) is 2.08. The number of methoxy groups -OCH3 is 1. The van der Waals surface area contributed by atoms with Gasteiger partial charge in [0.05, 0.1) is 12.3 Å². The lowest BCUT2D eigenvalue weighted by molar-refractivity contribution is 0.181. The molecule has 1 fully saturated rings. The van der Waals surface area contributed by atoms with Gasteiger partial charge in [0.25, 0.3) is 0 Å². The first kappa shape index (κ1) is 13.8. The summed E-state index contributed by atoms with van der Waals surface area (Å²) in [7, 11) is 3.89. The maximum absolute atomic E-state index is 5.24. The normalized spacial score (nSPS) is 15.7. The summed E-state index contributed by atoms with van der Waals surface area (Å²) < 4.78 is 5.24. The molecular weight excluding hydrogens is 246 g/mol. The van der Waals surface area contributed by atoms with Gasteiger partial charge in [-0.3, -0.25) is 0 Å². The molecule has 1 aliphatic rings. The topological polar surface area (TPSA) is 37.4 Å². The highest BCUT2D eigenvalue weighted by atomic mass is 32.1. The van der Waals surface area contributed by atoms with Gasteiger partial charge in [0.15, 0.2) is 5.13 Å². The van der Waals surface area contributed by atoms with E-state index in [1.165, 1.54) is 24.1 Å². The minimum Gasteiger partial charge on any atom is -0.378 e. The predicted molar refractivity (Wildman–Crippen MR) is 76.2 cm³/mol. The van der Waals surface area contributed by atoms with Crippen LogP contribution in [-0.2, 0) is 17.9 Å². The fourth-order valence-corrected chi connectivity index (χ4v) is 3.14. The number of ether oxygens (including phenoxy) is 1. The Morgan fingerprint density at radius 1 is 1.50 bits per heavy atom. The Bertz CT molecular complexity index is 376. The summed E-state index contributed by atoms with van der Waals surface area (Å²) in [6.07, 6.45) is 3.96. The highest BCUT2D eigenvalue weighted by Gasteiger charge is 2.25. The van der Waals surface area contributed by atoms with Crippen LogP contribution in [0.5, 0.6) is 0 Å². The average molecular weight is 269 g/mol. The molecule has 0 amide bonds. The first-order chi connectivity index (χ1) is 8.76. The Hall–Kier alpha value is -0.650. The van der Waals surface area contributed by atoms with Crippen LogP contribution in [0.1, 0.15) is 36.8 Å². The standard InChI is InChI=1S/C13H23N3OS/c1-4-14-8-12-11(9-17-3)15-13(18-12)16(2)10-6-5-7-10/h10,14H,4-9H2,1-3H3. The van der Waals surface area contributed by atoms with E-state index in [0.717, 1.165) is 23.9 Å². The van der Waals surface area contributed by atoms with Crippen molar-refractivity contribution < 1.29 is 4.74 Å². The van der Waals surface area contributed by atoms with Crippen LogP contribution in [-0.4, -0.2) is 31.7 Å². The lowest BCUT2D eigenvalue weighted by Gasteiger charge is -2.34. The summed E-state index contributed by atoms with van der Waals surface area (Å²) in [5.74, 6) is 0. The summed E-state index contributed by atoms with van der Waals surface area (Å²) >= 11 is 1.80. The molecule has 0 aromatic carbocycles. The molecule has 18 heavy (non-hydrogen) atoms. The molecule has 1 N–H and O–H groups in total. The molecular formula is C13H23N3OS. The number of aromatic nitrogens is 1. The summed E-state index contributed by atoms with van der Waals surface area (Å²) in [5, 5.41) is 4.51. The zero-order valence-corrected chi connectivity index (χ0v) is 12.3. The molecule has 1 saturated carbocycles. The van der Waals surface area contributed by atoms with Gasteiger partial charge in [-0.1, -0.05) is 6.92 Å². The molecule has 1 heterocycles. The van der Waals surface area contributed by atoms with E-state index in [2.05, 4.69) is 24.2 Å². The Morgan fingerprint density at radius 3 is 2.83 bits per heavy atom. The summed E-state index contributed by atoms with van der Waals surface area (Å²) in [5.41, 5.74) is 1.09. The van der Waals surface area contributed by atoms with E-state index in [-0.39, 0.29) is 0 Å². The van der Waals surface area contributed by atoms with Crippen molar-refractivity contribution in [3.05, 3.63) is 10.6 Å². The SMILES string of the molecule is CCNCc1sc(N(C)C2CCC2)nc1COC. The molecule has 102 valence electrons. The Morgan fingerprint density at radius 2 is 2.28 bits per heavy atom. The first-order valence-corrected chi connectivity index (χ1v) is 7.49. The van der Waals surface area contributed by atoms with E-state index in [1.807, 2.05) is 0 Å². The molecule has 1 aromatic heterocycles. The van der Waals surface area contributed by atoms with E-state index in [0.29, 0.717) is 12.6 Å². The van der Waals surface area contributed by atoms with Crippen LogP contribution in [0.25, 0.3) is 0 Å². The van der Waals surface area contributed by atoms with Crippen LogP contribution < -0.4 is 10.2 Å². The lowest BCUT2D eigenvalue weighted by Crippen LogP contribution is -2.37. The highest BCUT2D eigenvalue weighted by Crippen LogP contribution is 2.32. The fraction of sp³-hybridized carbons (Fsp3) is 0.769. The van der Waals surface area contributed by atoms with Crippen LogP contribution in [0.3, 0.4) is 0 Å². The number of nitrogens with zero attached hydrogens (tertiary/aromatic N) is 2. The summed E-state index contributed by atoms with van der Waals surface area (Å²) in [6, 6.07) is 0.693. The zero-order chi connectivity index (χ0) is 13.0. The first-order valence-electron chi connectivity index (χ1n) is 6.67. The van der Waals surface area contributed by atoms with Crippen LogP contribution in [0, 0.1) is 0 Å². The molecule has 0 spiro atoms. The summed E-state index contributed by atoms with van der Waals surface area (Å²) in [4.78, 5) is 8.38. The number of hydrogen-bond acceptors (Lipinski definition) is 5. The van der Waals surface area contributed by atoms with Crippen LogP contribution >= 0.6 is 11.3 Å². The second-order valence-corrected chi connectivity index (χ2v) is 5.84. The monoisotopic (exact) mass is 269 g/mol. The van der Waals surface area contributed by atoms with Gasteiger partial charge < -0.3 is 15.0 Å². The third-order valence-electron chi connectivity index (χ3n) is 3.51. The van der Waals surface area contributed by atoms with E-state index < -0.39 is 0 Å². The molecule has 0 radical (unpaired) electrons. The van der Waals surface area contributed by atoms with Crippen molar-refractivity contribution in [1.29, 1.82) is 0 Å². The van der Waals surface area contributed by atoms with Crippen LogP contribution in [0.2, 0.25) is 0 Å². The van der Waals surface area contributed by atoms with Gasteiger partial charge in [-0.25, -0.2) is 4.98 Å². The third-order valence-corrected chi connectivity index (χ3v) is 4.70. The molecule has 1 aliphatic carbocycles. The Kier molecular flexibility index (Phi) is 4.97. The third kappa shape index (κ3) is 3.02. The largest absolute Gasteiger partial charge is 0.378 e. The molecule has 0 atom stereocenters. The minimum atomic E-state index is 0.607. The number of nitrogens with one attached hydrogen (secondary N) is 1. The number of anilines is 1. The maximum Gasteiger partial charge on any atom is 0.185 e. The van der Waals surface area contributed by atoms with E-state index in [1.54, 1.807) is 18.4 Å². The van der Waals surface area contributed by atoms with Gasteiger partial charge in [0, 0.05) is 31.6 Å². The number of thiazole rings is 1. The zero-order valence-electron chi connectivity index (χ0n) is 11.5. The van der Waals surface area contributed by atoms with Gasteiger partial charge in [0.2, 0.25) is 0 Å².